The van der Waals surface area contributed by atoms with Gasteiger partial charge in [0.2, 0.25) is 0 Å². The van der Waals surface area contributed by atoms with Gasteiger partial charge in [0, 0.05) is 30.8 Å². The zero-order valence-corrected chi connectivity index (χ0v) is 11.5. The summed E-state index contributed by atoms with van der Waals surface area (Å²) in [4.78, 5) is 17.9. The van der Waals surface area contributed by atoms with Crippen molar-refractivity contribution in [3.8, 4) is 0 Å². The Morgan fingerprint density at radius 2 is 2.35 bits per heavy atom. The Hall–Kier alpha value is -1.14. The van der Waals surface area contributed by atoms with Gasteiger partial charge in [-0.1, -0.05) is 0 Å². The van der Waals surface area contributed by atoms with Gasteiger partial charge in [-0.25, -0.2) is 4.98 Å². The minimum Gasteiger partial charge on any atom is -0.395 e. The van der Waals surface area contributed by atoms with Crippen LogP contribution in [0.25, 0.3) is 0 Å². The lowest BCUT2D eigenvalue weighted by molar-refractivity contribution is 0.0732. The summed E-state index contributed by atoms with van der Waals surface area (Å²) in [5.74, 6) is 0.397. The predicted octanol–water partition coefficient (Wildman–Crippen LogP) is 1.34. The van der Waals surface area contributed by atoms with E-state index in [2.05, 4.69) is 26.2 Å². The fourth-order valence-corrected chi connectivity index (χ4v) is 1.83. The number of anilines is 1. The van der Waals surface area contributed by atoms with Gasteiger partial charge in [0.15, 0.2) is 0 Å². The summed E-state index contributed by atoms with van der Waals surface area (Å²) in [6, 6.07) is 1.72. The van der Waals surface area contributed by atoms with E-state index in [0.29, 0.717) is 24.5 Å². The molecule has 0 aromatic carbocycles. The summed E-state index contributed by atoms with van der Waals surface area (Å²) < 4.78 is 0.750. The molecule has 0 bridgehead atoms. The lowest BCUT2D eigenvalue weighted by Gasteiger charge is -2.20. The van der Waals surface area contributed by atoms with E-state index in [1.54, 1.807) is 24.2 Å². The quantitative estimate of drug-likeness (QED) is 0.861. The third-order valence-corrected chi connectivity index (χ3v) is 2.79. The molecule has 0 aliphatic carbocycles. The van der Waals surface area contributed by atoms with E-state index in [9.17, 15) is 4.79 Å². The molecule has 0 unspecified atom stereocenters. The Bertz CT molecular complexity index is 398. The van der Waals surface area contributed by atoms with Crippen LogP contribution in [0.3, 0.4) is 0 Å². The molecule has 0 saturated heterocycles. The number of pyridine rings is 1. The molecule has 94 valence electrons. The molecule has 2 N–H and O–H groups in total. The first-order chi connectivity index (χ1) is 8.13. The van der Waals surface area contributed by atoms with Crippen LogP contribution in [0, 0.1) is 0 Å². The van der Waals surface area contributed by atoms with Gasteiger partial charge in [-0.2, -0.15) is 0 Å². The van der Waals surface area contributed by atoms with Crippen molar-refractivity contribution < 1.29 is 9.90 Å². The number of rotatable bonds is 5. The summed E-state index contributed by atoms with van der Waals surface area (Å²) in [6.07, 6.45) is 1.63. The van der Waals surface area contributed by atoms with Crippen molar-refractivity contribution >= 4 is 27.7 Å². The minimum absolute atomic E-state index is 0.0457. The Morgan fingerprint density at radius 1 is 1.65 bits per heavy atom. The summed E-state index contributed by atoms with van der Waals surface area (Å²) in [5.41, 5.74) is 0.497. The summed E-state index contributed by atoms with van der Waals surface area (Å²) >= 11 is 3.29. The molecular formula is C11H16BrN3O2. The lowest BCUT2D eigenvalue weighted by Crippen LogP contribution is -2.33. The Balaban J connectivity index is 3.04. The molecule has 0 saturated carbocycles. The average molecular weight is 302 g/mol. The van der Waals surface area contributed by atoms with Crippen LogP contribution in [0.2, 0.25) is 0 Å². The van der Waals surface area contributed by atoms with Crippen molar-refractivity contribution in [1.82, 2.24) is 9.88 Å². The number of carbonyl (C=O) groups excluding carboxylic acids is 1. The van der Waals surface area contributed by atoms with Crippen LogP contribution in [0.4, 0.5) is 5.82 Å². The number of halogens is 1. The molecule has 0 aliphatic rings. The van der Waals surface area contributed by atoms with Gasteiger partial charge in [0.1, 0.15) is 5.82 Å². The molecule has 0 atom stereocenters. The zero-order chi connectivity index (χ0) is 12.8. The summed E-state index contributed by atoms with van der Waals surface area (Å²) in [6.45, 7) is 2.70. The highest BCUT2D eigenvalue weighted by atomic mass is 79.9. The molecule has 17 heavy (non-hydrogen) atoms. The third kappa shape index (κ3) is 3.41. The number of carbonyl (C=O) groups is 1. The zero-order valence-electron chi connectivity index (χ0n) is 9.90. The number of hydrogen-bond donors (Lipinski definition) is 2. The standard InChI is InChI=1S/C11H16BrN3O2/c1-3-15(4-5-16)11(17)9-6-8(12)7-14-10(9)13-2/h6-7,16H,3-5H2,1-2H3,(H,13,14). The number of aliphatic hydroxyl groups excluding tert-OH is 1. The molecule has 1 aromatic rings. The van der Waals surface area contributed by atoms with Crippen molar-refractivity contribution in [1.29, 1.82) is 0 Å². The van der Waals surface area contributed by atoms with Gasteiger partial charge in [-0.15, -0.1) is 0 Å². The van der Waals surface area contributed by atoms with Crippen molar-refractivity contribution in [2.24, 2.45) is 0 Å². The Kier molecular flexibility index (Phi) is 5.37. The van der Waals surface area contributed by atoms with E-state index in [1.807, 2.05) is 6.92 Å². The topological polar surface area (TPSA) is 65.5 Å². The highest BCUT2D eigenvalue weighted by Gasteiger charge is 2.18. The molecular weight excluding hydrogens is 286 g/mol. The molecule has 1 heterocycles. The normalized spacial score (nSPS) is 10.1. The third-order valence-electron chi connectivity index (χ3n) is 2.36. The first-order valence-electron chi connectivity index (χ1n) is 5.37. The Morgan fingerprint density at radius 3 is 2.88 bits per heavy atom. The predicted molar refractivity (Wildman–Crippen MR) is 70.1 cm³/mol. The van der Waals surface area contributed by atoms with Crippen molar-refractivity contribution in [3.05, 3.63) is 22.3 Å². The monoisotopic (exact) mass is 301 g/mol. The van der Waals surface area contributed by atoms with Crippen LogP contribution in [0.15, 0.2) is 16.7 Å². The maximum Gasteiger partial charge on any atom is 0.257 e. The number of aliphatic hydroxyl groups is 1. The van der Waals surface area contributed by atoms with Crippen LogP contribution in [0.5, 0.6) is 0 Å². The number of nitrogens with zero attached hydrogens (tertiary/aromatic N) is 2. The van der Waals surface area contributed by atoms with Crippen LogP contribution < -0.4 is 5.32 Å². The van der Waals surface area contributed by atoms with E-state index in [1.165, 1.54) is 0 Å². The molecule has 1 aromatic heterocycles. The number of aromatic nitrogens is 1. The highest BCUT2D eigenvalue weighted by Crippen LogP contribution is 2.19. The van der Waals surface area contributed by atoms with Gasteiger partial charge < -0.3 is 15.3 Å². The molecule has 6 heteroatoms. The van der Waals surface area contributed by atoms with Gasteiger partial charge in [0.25, 0.3) is 5.91 Å². The first-order valence-corrected chi connectivity index (χ1v) is 6.16. The molecule has 0 fully saturated rings. The second kappa shape index (κ2) is 6.56. The smallest absolute Gasteiger partial charge is 0.257 e. The first kappa shape index (κ1) is 13.9. The van der Waals surface area contributed by atoms with Crippen molar-refractivity contribution in [2.45, 2.75) is 6.92 Å². The van der Waals surface area contributed by atoms with E-state index >= 15 is 0 Å². The number of nitrogens with one attached hydrogen (secondary N) is 1. The molecule has 0 radical (unpaired) electrons. The highest BCUT2D eigenvalue weighted by molar-refractivity contribution is 9.10. The van der Waals surface area contributed by atoms with Gasteiger partial charge in [-0.05, 0) is 28.9 Å². The van der Waals surface area contributed by atoms with Crippen molar-refractivity contribution in [2.75, 3.05) is 32.1 Å². The van der Waals surface area contributed by atoms with E-state index in [-0.39, 0.29) is 12.5 Å². The van der Waals surface area contributed by atoms with Gasteiger partial charge in [-0.3, -0.25) is 4.79 Å². The number of hydrogen-bond acceptors (Lipinski definition) is 4. The maximum atomic E-state index is 12.2. The Labute approximate surface area is 109 Å². The maximum absolute atomic E-state index is 12.2. The minimum atomic E-state index is -0.139. The van der Waals surface area contributed by atoms with Gasteiger partial charge >= 0.3 is 0 Å². The molecule has 5 nitrogen and oxygen atoms in total. The van der Waals surface area contributed by atoms with Crippen LogP contribution in [0.1, 0.15) is 17.3 Å². The molecule has 0 aliphatic heterocycles. The number of amides is 1. The number of likely N-dealkylation sites (N-methyl/N-ethyl adjacent to an activating group) is 1. The average Bonchev–Trinajstić information content (AvgIpc) is 2.35. The SMILES string of the molecule is CCN(CCO)C(=O)c1cc(Br)cnc1NC. The fraction of sp³-hybridized carbons (Fsp3) is 0.455. The van der Waals surface area contributed by atoms with Crippen LogP contribution in [-0.4, -0.2) is 47.6 Å². The molecule has 0 spiro atoms. The second-order valence-corrected chi connectivity index (χ2v) is 4.32. The largest absolute Gasteiger partial charge is 0.395 e. The van der Waals surface area contributed by atoms with Gasteiger partial charge in [0.05, 0.1) is 12.2 Å². The van der Waals surface area contributed by atoms with Crippen LogP contribution >= 0.6 is 15.9 Å². The fourth-order valence-electron chi connectivity index (χ4n) is 1.50. The summed E-state index contributed by atoms with van der Waals surface area (Å²) in [7, 11) is 1.72. The molecule has 1 amide bonds. The second-order valence-electron chi connectivity index (χ2n) is 3.41. The van der Waals surface area contributed by atoms with Crippen molar-refractivity contribution in [3.63, 3.8) is 0 Å². The molecule has 1 rings (SSSR count). The van der Waals surface area contributed by atoms with E-state index in [4.69, 9.17) is 5.11 Å². The van der Waals surface area contributed by atoms with Crippen LogP contribution in [-0.2, 0) is 0 Å². The summed E-state index contributed by atoms with van der Waals surface area (Å²) in [5, 5.41) is 11.8. The lowest BCUT2D eigenvalue weighted by atomic mass is 10.2. The van der Waals surface area contributed by atoms with E-state index in [0.717, 1.165) is 4.47 Å². The van der Waals surface area contributed by atoms with E-state index < -0.39 is 0 Å².